The predicted molar refractivity (Wildman–Crippen MR) is 229 cm³/mol. The smallest absolute Gasteiger partial charge is 0.407 e. The summed E-state index contributed by atoms with van der Waals surface area (Å²) in [6, 6.07) is 34.3. The summed E-state index contributed by atoms with van der Waals surface area (Å²) in [5.74, 6) is -3.24. The highest BCUT2D eigenvalue weighted by Crippen LogP contribution is 2.44. The van der Waals surface area contributed by atoms with E-state index in [1.807, 2.05) is 125 Å². The second kappa shape index (κ2) is 20.1. The van der Waals surface area contributed by atoms with Crippen LogP contribution in [0.25, 0.3) is 17.2 Å². The van der Waals surface area contributed by atoms with Crippen molar-refractivity contribution < 1.29 is 28.7 Å². The van der Waals surface area contributed by atoms with Gasteiger partial charge >= 0.3 is 12.1 Å². The van der Waals surface area contributed by atoms with E-state index in [2.05, 4.69) is 35.0 Å². The van der Waals surface area contributed by atoms with Crippen molar-refractivity contribution in [1.29, 1.82) is 0 Å². The normalized spacial score (nSPS) is 14.0. The first-order valence-corrected chi connectivity index (χ1v) is 20.4. The highest BCUT2D eigenvalue weighted by Gasteiger charge is 2.38. The van der Waals surface area contributed by atoms with Crippen molar-refractivity contribution in [2.45, 2.75) is 85.3 Å². The quantitative estimate of drug-likeness (QED) is 0.0865. The van der Waals surface area contributed by atoms with Gasteiger partial charge in [-0.1, -0.05) is 149 Å². The molecule has 9 nitrogen and oxygen atoms in total. The number of hydrogen-bond donors (Lipinski definition) is 2. The van der Waals surface area contributed by atoms with Crippen LogP contribution in [0.1, 0.15) is 89.5 Å². The highest BCUT2D eigenvalue weighted by molar-refractivity contribution is 5.90. The Bertz CT molecular complexity index is 1980. The summed E-state index contributed by atoms with van der Waals surface area (Å²) in [5.41, 5.74) is 8.32. The van der Waals surface area contributed by atoms with Gasteiger partial charge in [-0.3, -0.25) is 24.8 Å². The van der Waals surface area contributed by atoms with Gasteiger partial charge in [0.1, 0.15) is 18.2 Å². The molecule has 0 bridgehead atoms. The fraction of sp³-hybridized carbons (Fsp3) is 0.388. The van der Waals surface area contributed by atoms with E-state index in [0.29, 0.717) is 6.42 Å². The minimum Gasteiger partial charge on any atom is -0.460 e. The van der Waals surface area contributed by atoms with Crippen molar-refractivity contribution in [2.75, 3.05) is 13.2 Å². The molecule has 3 amide bonds. The fourth-order valence-electron chi connectivity index (χ4n) is 7.47. The van der Waals surface area contributed by atoms with E-state index in [1.54, 1.807) is 20.8 Å². The molecule has 9 heteroatoms. The molecule has 58 heavy (non-hydrogen) atoms. The number of carbonyl (C=O) groups is 4. The summed E-state index contributed by atoms with van der Waals surface area (Å²) in [4.78, 5) is 56.7. The van der Waals surface area contributed by atoms with Gasteiger partial charge in [0.2, 0.25) is 5.91 Å². The Balaban J connectivity index is 1.38. The summed E-state index contributed by atoms with van der Waals surface area (Å²) >= 11 is 0. The molecule has 3 atom stereocenters. The van der Waals surface area contributed by atoms with Crippen molar-refractivity contribution in [2.24, 2.45) is 23.7 Å². The summed E-state index contributed by atoms with van der Waals surface area (Å²) in [6.45, 7) is 13.6. The number of ether oxygens (including phenoxy) is 2. The van der Waals surface area contributed by atoms with Crippen molar-refractivity contribution in [3.8, 4) is 11.1 Å². The fourth-order valence-corrected chi connectivity index (χ4v) is 7.47. The van der Waals surface area contributed by atoms with E-state index >= 15 is 0 Å². The van der Waals surface area contributed by atoms with Crippen LogP contribution < -0.4 is 10.7 Å². The Hall–Kier alpha value is -5.70. The molecule has 5 rings (SSSR count). The summed E-state index contributed by atoms with van der Waals surface area (Å²) in [6.07, 6.45) is 3.89. The molecule has 0 spiro atoms. The molecule has 0 aliphatic heterocycles. The number of alkyl carbamates (subject to hydrolysis) is 1. The van der Waals surface area contributed by atoms with Gasteiger partial charge in [0.15, 0.2) is 0 Å². The predicted octanol–water partition coefficient (Wildman–Crippen LogP) is 9.38. The lowest BCUT2D eigenvalue weighted by molar-refractivity contribution is -0.165. The van der Waals surface area contributed by atoms with E-state index in [9.17, 15) is 19.2 Å². The molecule has 1 aliphatic rings. The van der Waals surface area contributed by atoms with Gasteiger partial charge in [0.25, 0.3) is 5.91 Å². The maximum atomic E-state index is 14.6. The topological polar surface area (TPSA) is 114 Å². The van der Waals surface area contributed by atoms with E-state index in [-0.39, 0.29) is 43.7 Å². The Labute approximate surface area is 344 Å². The minimum atomic E-state index is -1.07. The van der Waals surface area contributed by atoms with E-state index in [0.717, 1.165) is 33.4 Å². The molecule has 4 aromatic rings. The number of benzene rings is 4. The number of allylic oxidation sites excluding steroid dienone is 1. The molecule has 1 aliphatic carbocycles. The third-order valence-corrected chi connectivity index (χ3v) is 10.0. The zero-order valence-corrected chi connectivity index (χ0v) is 34.9. The average Bonchev–Trinajstić information content (AvgIpc) is 3.50. The maximum absolute atomic E-state index is 14.6. The molecule has 306 valence electrons. The summed E-state index contributed by atoms with van der Waals surface area (Å²) < 4.78 is 11.8. The van der Waals surface area contributed by atoms with Crippen LogP contribution in [0.5, 0.6) is 0 Å². The maximum Gasteiger partial charge on any atom is 0.407 e. The molecule has 2 N–H and O–H groups in total. The lowest BCUT2D eigenvalue weighted by atomic mass is 9.82. The van der Waals surface area contributed by atoms with Crippen molar-refractivity contribution in [3.63, 3.8) is 0 Å². The molecule has 0 aromatic heterocycles. The number of amides is 3. The first kappa shape index (κ1) is 43.4. The number of hydrazine groups is 1. The Morgan fingerprint density at radius 1 is 0.741 bits per heavy atom. The van der Waals surface area contributed by atoms with Crippen LogP contribution in [0.15, 0.2) is 115 Å². The molecule has 4 aromatic carbocycles. The van der Waals surface area contributed by atoms with Gasteiger partial charge in [-0.25, -0.2) is 4.79 Å². The van der Waals surface area contributed by atoms with Gasteiger partial charge in [0, 0.05) is 18.9 Å². The number of nitrogens with zero attached hydrogens (tertiary/aromatic N) is 1. The van der Waals surface area contributed by atoms with Crippen LogP contribution >= 0.6 is 0 Å². The van der Waals surface area contributed by atoms with E-state index < -0.39 is 47.4 Å². The standard InChI is InChI=1S/C49H59N3O6/c1-33(2)29-42(41(47(55)58-49(5,6)7)28-18-23-35-19-10-8-11-20-35)45(53)51-52(31-34(3)4)46(54)44(30-36-21-12-9-13-22-36)50-48(56)57-32-43-39-26-16-14-24-37(39)38-25-15-17-27-40(38)43/h8-27,33-34,41-44H,28-32H2,1-7H3,(H,50,56)(H,51,53)/b23-18+/t41-,42+,44+/m0/s1. The average molecular weight is 786 g/mol. The molecule has 0 unspecified atom stereocenters. The number of fused-ring (bicyclic) bond motifs is 3. The second-order valence-corrected chi connectivity index (χ2v) is 17.0. The Kier molecular flexibility index (Phi) is 15.1. The molecular weight excluding hydrogens is 727 g/mol. The van der Waals surface area contributed by atoms with Gasteiger partial charge < -0.3 is 14.8 Å². The van der Waals surface area contributed by atoms with Crippen LogP contribution in [0.2, 0.25) is 0 Å². The summed E-state index contributed by atoms with van der Waals surface area (Å²) in [7, 11) is 0. The number of nitrogens with one attached hydrogen (secondary N) is 2. The molecular formula is C49H59N3O6. The number of esters is 1. The first-order valence-electron chi connectivity index (χ1n) is 20.4. The summed E-state index contributed by atoms with van der Waals surface area (Å²) in [5, 5.41) is 4.14. The molecule has 0 fully saturated rings. The molecule has 0 heterocycles. The third kappa shape index (κ3) is 12.2. The lowest BCUT2D eigenvalue weighted by Crippen LogP contribution is -2.58. The second-order valence-electron chi connectivity index (χ2n) is 17.0. The monoisotopic (exact) mass is 785 g/mol. The number of rotatable bonds is 16. The number of hydrogen-bond acceptors (Lipinski definition) is 6. The van der Waals surface area contributed by atoms with Crippen LogP contribution in [0.4, 0.5) is 4.79 Å². The SMILES string of the molecule is CC(C)C[C@@H](C(=O)NN(CC(C)C)C(=O)[C@@H](Cc1ccccc1)NC(=O)OCC1c2ccccc2-c2ccccc21)[C@H](C/C=C/c1ccccc1)C(=O)OC(C)(C)C. The Morgan fingerprint density at radius 3 is 1.88 bits per heavy atom. The zero-order chi connectivity index (χ0) is 41.8. The number of carbonyl (C=O) groups excluding carboxylic acids is 4. The first-order chi connectivity index (χ1) is 27.7. The van der Waals surface area contributed by atoms with Crippen LogP contribution in [-0.2, 0) is 30.3 Å². The largest absolute Gasteiger partial charge is 0.460 e. The van der Waals surface area contributed by atoms with Crippen molar-refractivity contribution in [1.82, 2.24) is 15.8 Å². The van der Waals surface area contributed by atoms with E-state index in [1.165, 1.54) is 5.01 Å². The molecule has 0 radical (unpaired) electrons. The zero-order valence-electron chi connectivity index (χ0n) is 34.9. The molecule has 0 saturated carbocycles. The van der Waals surface area contributed by atoms with Crippen LogP contribution in [-0.4, -0.2) is 53.7 Å². The van der Waals surface area contributed by atoms with Crippen molar-refractivity contribution >= 4 is 30.0 Å². The lowest BCUT2D eigenvalue weighted by Gasteiger charge is -2.33. The van der Waals surface area contributed by atoms with Crippen molar-refractivity contribution in [3.05, 3.63) is 138 Å². The van der Waals surface area contributed by atoms with Gasteiger partial charge in [-0.2, -0.15) is 0 Å². The minimum absolute atomic E-state index is 0.0462. The highest BCUT2D eigenvalue weighted by atomic mass is 16.6. The third-order valence-electron chi connectivity index (χ3n) is 10.0. The van der Waals surface area contributed by atoms with Gasteiger partial charge in [-0.15, -0.1) is 0 Å². The van der Waals surface area contributed by atoms with Gasteiger partial charge in [-0.05, 0) is 78.8 Å². The van der Waals surface area contributed by atoms with Crippen LogP contribution in [0, 0.1) is 23.7 Å². The Morgan fingerprint density at radius 2 is 1.31 bits per heavy atom. The molecule has 0 saturated heterocycles. The van der Waals surface area contributed by atoms with Crippen LogP contribution in [0.3, 0.4) is 0 Å². The van der Waals surface area contributed by atoms with Gasteiger partial charge in [0.05, 0.1) is 11.8 Å². The van der Waals surface area contributed by atoms with E-state index in [4.69, 9.17) is 9.47 Å².